The number of aromatic nitrogens is 2. The number of nitrogens with zero attached hydrogens (tertiary/aromatic N) is 2. The normalized spacial score (nSPS) is 10.3. The average Bonchev–Trinajstić information content (AvgIpc) is 2.41. The van der Waals surface area contributed by atoms with Crippen LogP contribution in [0.15, 0.2) is 36.8 Å². The van der Waals surface area contributed by atoms with E-state index in [1.165, 1.54) is 12.4 Å². The summed E-state index contributed by atoms with van der Waals surface area (Å²) < 4.78 is 19.4. The van der Waals surface area contributed by atoms with Crippen LogP contribution in [0.5, 0.6) is 11.6 Å². The van der Waals surface area contributed by atoms with Crippen molar-refractivity contribution in [1.29, 1.82) is 0 Å². The van der Waals surface area contributed by atoms with E-state index in [9.17, 15) is 4.39 Å². The van der Waals surface area contributed by atoms with Crippen molar-refractivity contribution in [2.75, 3.05) is 6.54 Å². The molecule has 0 aliphatic carbocycles. The Morgan fingerprint density at radius 1 is 1.33 bits per heavy atom. The second-order valence-electron chi connectivity index (χ2n) is 3.66. The Morgan fingerprint density at radius 2 is 2.22 bits per heavy atom. The first kappa shape index (κ1) is 12.4. The van der Waals surface area contributed by atoms with Crippen molar-refractivity contribution in [1.82, 2.24) is 15.3 Å². The van der Waals surface area contributed by atoms with Crippen molar-refractivity contribution in [3.63, 3.8) is 0 Å². The van der Waals surface area contributed by atoms with Crippen LogP contribution in [0, 0.1) is 5.82 Å². The van der Waals surface area contributed by atoms with E-state index >= 15 is 0 Å². The molecule has 2 rings (SSSR count). The molecule has 0 saturated heterocycles. The lowest BCUT2D eigenvalue weighted by atomic mass is 10.2. The molecule has 0 aliphatic rings. The van der Waals surface area contributed by atoms with Gasteiger partial charge in [0.1, 0.15) is 5.75 Å². The number of halogens is 1. The third-order valence-corrected chi connectivity index (χ3v) is 2.35. The highest BCUT2D eigenvalue weighted by molar-refractivity contribution is 5.28. The number of hydrogen-bond donors (Lipinski definition) is 1. The van der Waals surface area contributed by atoms with Crippen LogP contribution in [0.1, 0.15) is 12.5 Å². The second-order valence-corrected chi connectivity index (χ2v) is 3.66. The third kappa shape index (κ3) is 3.01. The van der Waals surface area contributed by atoms with Gasteiger partial charge < -0.3 is 10.1 Å². The molecule has 0 spiro atoms. The Hall–Kier alpha value is -2.01. The highest BCUT2D eigenvalue weighted by Gasteiger charge is 2.11. The molecule has 0 fully saturated rings. The first-order valence-electron chi connectivity index (χ1n) is 5.73. The predicted octanol–water partition coefficient (Wildman–Crippen LogP) is 2.52. The Bertz CT molecular complexity index is 505. The van der Waals surface area contributed by atoms with Gasteiger partial charge >= 0.3 is 0 Å². The summed E-state index contributed by atoms with van der Waals surface area (Å²) >= 11 is 0. The lowest BCUT2D eigenvalue weighted by molar-refractivity contribution is 0.416. The fraction of sp³-hybridized carbons (Fsp3) is 0.231. The average molecular weight is 247 g/mol. The van der Waals surface area contributed by atoms with E-state index in [0.717, 1.165) is 6.54 Å². The number of nitrogens with one attached hydrogen (secondary N) is 1. The molecule has 0 amide bonds. The lowest BCUT2D eigenvalue weighted by Crippen LogP contribution is -2.13. The van der Waals surface area contributed by atoms with Gasteiger partial charge in [-0.1, -0.05) is 6.92 Å². The molecule has 0 radical (unpaired) electrons. The number of pyridine rings is 2. The van der Waals surface area contributed by atoms with E-state index in [1.54, 1.807) is 24.4 Å². The van der Waals surface area contributed by atoms with E-state index < -0.39 is 5.82 Å². The van der Waals surface area contributed by atoms with Gasteiger partial charge in [-0.3, -0.25) is 4.98 Å². The highest BCUT2D eigenvalue weighted by atomic mass is 19.1. The lowest BCUT2D eigenvalue weighted by Gasteiger charge is -2.08. The summed E-state index contributed by atoms with van der Waals surface area (Å²) in [5, 5.41) is 3.06. The molecule has 1 N–H and O–H groups in total. The molecule has 0 unspecified atom stereocenters. The van der Waals surface area contributed by atoms with Crippen LogP contribution >= 0.6 is 0 Å². The maximum atomic E-state index is 14.0. The SMILES string of the molecule is CCNCc1ccnc(Oc2cccnc2)c1F. The van der Waals surface area contributed by atoms with Gasteiger partial charge in [0.05, 0.1) is 6.20 Å². The Kier molecular flexibility index (Phi) is 4.20. The van der Waals surface area contributed by atoms with Gasteiger partial charge in [-0.25, -0.2) is 9.37 Å². The van der Waals surface area contributed by atoms with Gasteiger partial charge in [0.2, 0.25) is 0 Å². The molecule has 0 aromatic carbocycles. The standard InChI is InChI=1S/C13H14FN3O/c1-2-15-8-10-5-7-17-13(12(10)14)18-11-4-3-6-16-9-11/h3-7,9,15H,2,8H2,1H3. The third-order valence-electron chi connectivity index (χ3n) is 2.35. The monoisotopic (exact) mass is 247 g/mol. The smallest absolute Gasteiger partial charge is 0.256 e. The summed E-state index contributed by atoms with van der Waals surface area (Å²) in [6.45, 7) is 3.20. The summed E-state index contributed by atoms with van der Waals surface area (Å²) in [4.78, 5) is 7.78. The summed E-state index contributed by atoms with van der Waals surface area (Å²) in [7, 11) is 0. The van der Waals surface area contributed by atoms with Gasteiger partial charge in [0.15, 0.2) is 5.82 Å². The molecule has 0 atom stereocenters. The van der Waals surface area contributed by atoms with Gasteiger partial charge in [-0.15, -0.1) is 0 Å². The quantitative estimate of drug-likeness (QED) is 0.882. The molecule has 2 aromatic heterocycles. The summed E-state index contributed by atoms with van der Waals surface area (Å²) in [5.41, 5.74) is 0.533. The summed E-state index contributed by atoms with van der Waals surface area (Å²) in [6, 6.07) is 5.05. The van der Waals surface area contributed by atoms with Crippen molar-refractivity contribution in [3.8, 4) is 11.6 Å². The topological polar surface area (TPSA) is 47.0 Å². The predicted molar refractivity (Wildman–Crippen MR) is 65.9 cm³/mol. The highest BCUT2D eigenvalue weighted by Crippen LogP contribution is 2.23. The number of rotatable bonds is 5. The van der Waals surface area contributed by atoms with Crippen LogP contribution in [-0.2, 0) is 6.54 Å². The van der Waals surface area contributed by atoms with E-state index in [2.05, 4.69) is 15.3 Å². The fourth-order valence-electron chi connectivity index (χ4n) is 1.45. The van der Waals surface area contributed by atoms with Crippen molar-refractivity contribution >= 4 is 0 Å². The Labute approximate surface area is 105 Å². The van der Waals surface area contributed by atoms with Crippen LogP contribution in [-0.4, -0.2) is 16.5 Å². The fourth-order valence-corrected chi connectivity index (χ4v) is 1.45. The van der Waals surface area contributed by atoms with E-state index in [1.807, 2.05) is 6.92 Å². The molecule has 5 heteroatoms. The summed E-state index contributed by atoms with van der Waals surface area (Å²) in [6.07, 6.45) is 4.66. The van der Waals surface area contributed by atoms with Gasteiger partial charge in [-0.05, 0) is 24.7 Å². The van der Waals surface area contributed by atoms with Crippen molar-refractivity contribution in [2.24, 2.45) is 0 Å². The zero-order valence-corrected chi connectivity index (χ0v) is 10.1. The van der Waals surface area contributed by atoms with Crippen LogP contribution in [0.2, 0.25) is 0 Å². The maximum absolute atomic E-state index is 14.0. The molecule has 0 aliphatic heterocycles. The maximum Gasteiger partial charge on any atom is 0.256 e. The van der Waals surface area contributed by atoms with Crippen LogP contribution < -0.4 is 10.1 Å². The molecule has 94 valence electrons. The zero-order valence-electron chi connectivity index (χ0n) is 10.1. The van der Waals surface area contributed by atoms with Crippen molar-refractivity contribution < 1.29 is 9.13 Å². The van der Waals surface area contributed by atoms with Crippen LogP contribution in [0.4, 0.5) is 4.39 Å². The minimum Gasteiger partial charge on any atom is -0.435 e. The van der Waals surface area contributed by atoms with E-state index in [4.69, 9.17) is 4.74 Å². The minimum absolute atomic E-state index is 0.0293. The van der Waals surface area contributed by atoms with Gasteiger partial charge in [-0.2, -0.15) is 0 Å². The summed E-state index contributed by atoms with van der Waals surface area (Å²) in [5.74, 6) is -0.00907. The molecule has 18 heavy (non-hydrogen) atoms. The molecular weight excluding hydrogens is 233 g/mol. The second kappa shape index (κ2) is 6.07. The zero-order chi connectivity index (χ0) is 12.8. The van der Waals surface area contributed by atoms with Crippen molar-refractivity contribution in [3.05, 3.63) is 48.2 Å². The Morgan fingerprint density at radius 3 is 2.94 bits per heavy atom. The molecular formula is C13H14FN3O. The molecule has 2 aromatic rings. The Balaban J connectivity index is 2.18. The first-order chi connectivity index (χ1) is 8.81. The number of hydrogen-bond acceptors (Lipinski definition) is 4. The largest absolute Gasteiger partial charge is 0.435 e. The van der Waals surface area contributed by atoms with Crippen LogP contribution in [0.25, 0.3) is 0 Å². The van der Waals surface area contributed by atoms with E-state index in [-0.39, 0.29) is 5.88 Å². The van der Waals surface area contributed by atoms with E-state index in [0.29, 0.717) is 17.9 Å². The molecule has 0 saturated carbocycles. The molecule has 2 heterocycles. The minimum atomic E-state index is -0.442. The molecule has 0 bridgehead atoms. The van der Waals surface area contributed by atoms with Crippen LogP contribution in [0.3, 0.4) is 0 Å². The van der Waals surface area contributed by atoms with Crippen molar-refractivity contribution in [2.45, 2.75) is 13.5 Å². The number of ether oxygens (including phenoxy) is 1. The van der Waals surface area contributed by atoms with Gasteiger partial charge in [0, 0.05) is 24.5 Å². The first-order valence-corrected chi connectivity index (χ1v) is 5.73. The molecule has 4 nitrogen and oxygen atoms in total. The van der Waals surface area contributed by atoms with Gasteiger partial charge in [0.25, 0.3) is 5.88 Å².